The zero-order valence-corrected chi connectivity index (χ0v) is 15.4. The molecule has 0 spiro atoms. The highest BCUT2D eigenvalue weighted by Gasteiger charge is 2.12. The lowest BCUT2D eigenvalue weighted by Gasteiger charge is -2.08. The molecule has 6 nitrogen and oxygen atoms in total. The van der Waals surface area contributed by atoms with Crippen LogP contribution in [0.3, 0.4) is 0 Å². The van der Waals surface area contributed by atoms with Crippen LogP contribution in [0.25, 0.3) is 10.8 Å². The summed E-state index contributed by atoms with van der Waals surface area (Å²) in [5.74, 6) is -1.26. The molecule has 0 heterocycles. The van der Waals surface area contributed by atoms with Crippen molar-refractivity contribution in [1.82, 2.24) is 10.6 Å². The average Bonchev–Trinajstić information content (AvgIpc) is 2.63. The number of esters is 1. The molecule has 136 valence electrons. The summed E-state index contributed by atoms with van der Waals surface area (Å²) in [5.41, 5.74) is 0. The summed E-state index contributed by atoms with van der Waals surface area (Å²) < 4.78 is 4.87. The van der Waals surface area contributed by atoms with Gasteiger partial charge in [0.15, 0.2) is 6.61 Å². The minimum Gasteiger partial charge on any atom is -0.455 e. The Morgan fingerprint density at radius 2 is 1.92 bits per heavy atom. The summed E-state index contributed by atoms with van der Waals surface area (Å²) in [6, 6.07) is 10.6. The molecular weight excluding hydrogens is 376 g/mol. The third-order valence-corrected chi connectivity index (χ3v) is 4.53. The normalized spacial score (nSPS) is 10.2. The number of carbonyl (C=O) groups excluding carboxylic acids is 3. The van der Waals surface area contributed by atoms with Crippen LogP contribution >= 0.6 is 23.4 Å². The molecule has 2 aromatic carbocycles. The van der Waals surface area contributed by atoms with Crippen molar-refractivity contribution in [3.63, 3.8) is 0 Å². The smallest absolute Gasteiger partial charge is 0.321 e. The van der Waals surface area contributed by atoms with E-state index in [1.54, 1.807) is 6.07 Å². The molecule has 0 radical (unpaired) electrons. The van der Waals surface area contributed by atoms with Crippen LogP contribution in [0.2, 0.25) is 5.02 Å². The van der Waals surface area contributed by atoms with Crippen LogP contribution in [0.4, 0.5) is 4.79 Å². The van der Waals surface area contributed by atoms with Gasteiger partial charge in [-0.2, -0.15) is 0 Å². The van der Waals surface area contributed by atoms with Crippen molar-refractivity contribution in [3.05, 3.63) is 54.1 Å². The van der Waals surface area contributed by atoms with Gasteiger partial charge in [-0.05, 0) is 17.5 Å². The number of halogens is 1. The van der Waals surface area contributed by atoms with Crippen LogP contribution in [0.1, 0.15) is 0 Å². The molecule has 2 N–H and O–H groups in total. The van der Waals surface area contributed by atoms with E-state index >= 15 is 0 Å². The molecule has 0 aromatic heterocycles. The Balaban J connectivity index is 1.83. The van der Waals surface area contributed by atoms with Gasteiger partial charge < -0.3 is 10.1 Å². The first-order valence-corrected chi connectivity index (χ1v) is 9.02. The summed E-state index contributed by atoms with van der Waals surface area (Å²) >= 11 is 7.51. The first-order valence-electron chi connectivity index (χ1n) is 7.65. The third kappa shape index (κ3) is 5.79. The highest BCUT2D eigenvalue weighted by Crippen LogP contribution is 2.33. The zero-order chi connectivity index (χ0) is 18.9. The lowest BCUT2D eigenvalue weighted by Crippen LogP contribution is -2.41. The molecule has 2 aromatic rings. The molecule has 26 heavy (non-hydrogen) atoms. The van der Waals surface area contributed by atoms with E-state index < -0.39 is 24.5 Å². The maximum Gasteiger partial charge on any atom is 0.321 e. The van der Waals surface area contributed by atoms with E-state index in [0.29, 0.717) is 5.02 Å². The van der Waals surface area contributed by atoms with Crippen molar-refractivity contribution in [1.29, 1.82) is 0 Å². The molecule has 0 bridgehead atoms. The fourth-order valence-electron chi connectivity index (χ4n) is 2.08. The number of rotatable bonds is 7. The highest BCUT2D eigenvalue weighted by molar-refractivity contribution is 8.00. The lowest BCUT2D eigenvalue weighted by atomic mass is 10.1. The second-order valence-electron chi connectivity index (χ2n) is 5.09. The van der Waals surface area contributed by atoms with Gasteiger partial charge >= 0.3 is 12.0 Å². The van der Waals surface area contributed by atoms with Crippen LogP contribution in [0, 0.1) is 0 Å². The van der Waals surface area contributed by atoms with E-state index in [9.17, 15) is 14.4 Å². The lowest BCUT2D eigenvalue weighted by molar-refractivity contribution is -0.145. The molecular formula is C18H17ClN2O4S. The predicted octanol–water partition coefficient (Wildman–Crippen LogP) is 3.14. The number of nitrogens with one attached hydrogen (secondary N) is 2. The van der Waals surface area contributed by atoms with Gasteiger partial charge in [-0.1, -0.05) is 41.9 Å². The number of carbonyl (C=O) groups is 3. The Morgan fingerprint density at radius 1 is 1.19 bits per heavy atom. The zero-order valence-electron chi connectivity index (χ0n) is 13.8. The molecule has 0 aliphatic heterocycles. The molecule has 2 rings (SSSR count). The molecule has 0 unspecified atom stereocenters. The number of benzene rings is 2. The van der Waals surface area contributed by atoms with Crippen LogP contribution < -0.4 is 10.6 Å². The van der Waals surface area contributed by atoms with Crippen molar-refractivity contribution >= 4 is 52.0 Å². The van der Waals surface area contributed by atoms with E-state index in [2.05, 4.69) is 11.9 Å². The Labute approximate surface area is 159 Å². The number of amides is 3. The van der Waals surface area contributed by atoms with Gasteiger partial charge in [0.2, 0.25) is 0 Å². The maximum atomic E-state index is 11.8. The Morgan fingerprint density at radius 3 is 2.65 bits per heavy atom. The topological polar surface area (TPSA) is 84.5 Å². The van der Waals surface area contributed by atoms with Crippen LogP contribution in [0.5, 0.6) is 0 Å². The van der Waals surface area contributed by atoms with E-state index in [4.69, 9.17) is 16.3 Å². The largest absolute Gasteiger partial charge is 0.455 e. The van der Waals surface area contributed by atoms with Gasteiger partial charge in [0, 0.05) is 21.8 Å². The van der Waals surface area contributed by atoms with Crippen molar-refractivity contribution in [2.75, 3.05) is 18.9 Å². The maximum absolute atomic E-state index is 11.8. The molecule has 0 fully saturated rings. The van der Waals surface area contributed by atoms with Gasteiger partial charge in [-0.15, -0.1) is 18.3 Å². The fourth-order valence-corrected chi connectivity index (χ4v) is 3.32. The van der Waals surface area contributed by atoms with Crippen molar-refractivity contribution in [3.8, 4) is 0 Å². The summed E-state index contributed by atoms with van der Waals surface area (Å²) in [6.07, 6.45) is 1.47. The van der Waals surface area contributed by atoms with E-state index in [-0.39, 0.29) is 12.3 Å². The van der Waals surface area contributed by atoms with Crippen LogP contribution in [-0.4, -0.2) is 36.8 Å². The average molecular weight is 393 g/mol. The second-order valence-corrected chi connectivity index (χ2v) is 6.51. The minimum absolute atomic E-state index is 0.0142. The van der Waals surface area contributed by atoms with Gasteiger partial charge in [0.25, 0.3) is 5.91 Å². The van der Waals surface area contributed by atoms with Crippen molar-refractivity contribution in [2.24, 2.45) is 0 Å². The Hall–Kier alpha value is -2.51. The fraction of sp³-hybridized carbons (Fsp3) is 0.167. The SMILES string of the molecule is C=CCNC(=O)NC(=O)COC(=O)CSc1cccc2cccc(Cl)c12. The van der Waals surface area contributed by atoms with E-state index in [1.165, 1.54) is 17.8 Å². The number of thioether (sulfide) groups is 1. The molecule has 0 aliphatic carbocycles. The minimum atomic E-state index is -0.710. The molecule has 0 saturated carbocycles. The first kappa shape index (κ1) is 19.8. The van der Waals surface area contributed by atoms with Crippen LogP contribution in [-0.2, 0) is 14.3 Å². The van der Waals surface area contributed by atoms with E-state index in [1.807, 2.05) is 35.6 Å². The molecule has 0 atom stereocenters. The number of ether oxygens (including phenoxy) is 1. The number of fused-ring (bicyclic) bond motifs is 1. The molecule has 8 heteroatoms. The van der Waals surface area contributed by atoms with E-state index in [0.717, 1.165) is 15.7 Å². The number of imide groups is 1. The van der Waals surface area contributed by atoms with Crippen molar-refractivity contribution < 1.29 is 19.1 Å². The first-order chi connectivity index (χ1) is 12.5. The summed E-state index contributed by atoms with van der Waals surface area (Å²) in [5, 5.41) is 6.85. The Kier molecular flexibility index (Phi) is 7.50. The highest BCUT2D eigenvalue weighted by atomic mass is 35.5. The third-order valence-electron chi connectivity index (χ3n) is 3.19. The molecule has 3 amide bonds. The second kappa shape index (κ2) is 9.84. The number of hydrogen-bond donors (Lipinski definition) is 2. The standard InChI is InChI=1S/C18H17ClN2O4S/c1-2-9-20-18(24)21-15(22)10-25-16(23)11-26-14-8-4-6-12-5-3-7-13(19)17(12)14/h2-8H,1,9-11H2,(H2,20,21,22,24). The summed E-state index contributed by atoms with van der Waals surface area (Å²) in [7, 11) is 0. The molecule has 0 saturated heterocycles. The van der Waals surface area contributed by atoms with Gasteiger partial charge in [0.05, 0.1) is 5.75 Å². The molecule has 0 aliphatic rings. The van der Waals surface area contributed by atoms with Gasteiger partial charge in [0.1, 0.15) is 0 Å². The number of urea groups is 1. The Bertz CT molecular complexity index is 836. The van der Waals surface area contributed by atoms with Crippen LogP contribution in [0.15, 0.2) is 53.9 Å². The quantitative estimate of drug-likeness (QED) is 0.429. The predicted molar refractivity (Wildman–Crippen MR) is 102 cm³/mol. The van der Waals surface area contributed by atoms with Gasteiger partial charge in [-0.25, -0.2) is 4.79 Å². The summed E-state index contributed by atoms with van der Waals surface area (Å²) in [6.45, 7) is 3.13. The van der Waals surface area contributed by atoms with Gasteiger partial charge in [-0.3, -0.25) is 14.9 Å². The number of hydrogen-bond acceptors (Lipinski definition) is 5. The van der Waals surface area contributed by atoms with Crippen molar-refractivity contribution in [2.45, 2.75) is 4.90 Å². The summed E-state index contributed by atoms with van der Waals surface area (Å²) in [4.78, 5) is 35.5. The monoisotopic (exact) mass is 392 g/mol.